The van der Waals surface area contributed by atoms with Crippen molar-refractivity contribution in [3.8, 4) is 0 Å². The lowest BCUT2D eigenvalue weighted by Crippen LogP contribution is -2.30. The molecular weight excluding hydrogens is 1270 g/mol. The van der Waals surface area contributed by atoms with Crippen LogP contribution in [-0.4, -0.2) is 96.7 Å². The van der Waals surface area contributed by atoms with Crippen LogP contribution in [0.25, 0.3) is 0 Å². The maximum atomic E-state index is 13.1. The number of hydrogen-bond donors (Lipinski definition) is 3. The molecule has 0 aromatic carbocycles. The summed E-state index contributed by atoms with van der Waals surface area (Å²) >= 11 is 0. The molecule has 0 bridgehead atoms. The van der Waals surface area contributed by atoms with Crippen molar-refractivity contribution >= 4 is 39.5 Å². The van der Waals surface area contributed by atoms with Crippen LogP contribution in [0.2, 0.25) is 0 Å². The summed E-state index contributed by atoms with van der Waals surface area (Å²) in [5, 5.41) is 10.6. The molecule has 0 aliphatic heterocycles. The maximum absolute atomic E-state index is 13.1. The number of unbranched alkanes of at least 4 members (excludes halogenated alkanes) is 45. The van der Waals surface area contributed by atoms with Crippen LogP contribution in [-0.2, 0) is 65.4 Å². The van der Waals surface area contributed by atoms with Gasteiger partial charge in [0.1, 0.15) is 19.3 Å². The van der Waals surface area contributed by atoms with Crippen molar-refractivity contribution in [2.75, 3.05) is 39.6 Å². The molecule has 0 amide bonds. The van der Waals surface area contributed by atoms with E-state index in [1.54, 1.807) is 0 Å². The van der Waals surface area contributed by atoms with E-state index in [1.165, 1.54) is 199 Å². The van der Waals surface area contributed by atoms with Gasteiger partial charge in [0.2, 0.25) is 0 Å². The van der Waals surface area contributed by atoms with E-state index in [0.717, 1.165) is 109 Å². The minimum absolute atomic E-state index is 0.0854. The third-order valence-corrected chi connectivity index (χ3v) is 19.6. The highest BCUT2D eigenvalue weighted by molar-refractivity contribution is 7.47. The number of aliphatic hydroxyl groups is 1. The minimum atomic E-state index is -4.97. The number of rotatable bonds is 76. The Labute approximate surface area is 592 Å². The summed E-state index contributed by atoms with van der Waals surface area (Å²) in [5.41, 5.74) is 0. The molecule has 3 N–H and O–H groups in total. The summed E-state index contributed by atoms with van der Waals surface area (Å²) in [4.78, 5) is 72.9. The van der Waals surface area contributed by atoms with Crippen molar-refractivity contribution in [2.24, 2.45) is 5.92 Å². The van der Waals surface area contributed by atoms with Gasteiger partial charge in [0.05, 0.1) is 26.4 Å². The molecule has 0 heterocycles. The van der Waals surface area contributed by atoms with E-state index < -0.39 is 97.5 Å². The van der Waals surface area contributed by atoms with Gasteiger partial charge >= 0.3 is 39.5 Å². The van der Waals surface area contributed by atoms with Crippen LogP contribution in [0.3, 0.4) is 0 Å². The van der Waals surface area contributed by atoms with Crippen molar-refractivity contribution in [3.05, 3.63) is 24.3 Å². The van der Waals surface area contributed by atoms with Crippen LogP contribution in [0, 0.1) is 5.92 Å². The zero-order valence-corrected chi connectivity index (χ0v) is 64.5. The van der Waals surface area contributed by atoms with E-state index in [-0.39, 0.29) is 25.7 Å². The molecule has 0 aliphatic rings. The first-order chi connectivity index (χ1) is 47.0. The van der Waals surface area contributed by atoms with Gasteiger partial charge in [0, 0.05) is 25.7 Å². The van der Waals surface area contributed by atoms with Crippen LogP contribution in [0.15, 0.2) is 24.3 Å². The van der Waals surface area contributed by atoms with Crippen LogP contribution >= 0.6 is 15.6 Å². The second-order valence-electron chi connectivity index (χ2n) is 27.9. The van der Waals surface area contributed by atoms with E-state index >= 15 is 0 Å². The van der Waals surface area contributed by atoms with Gasteiger partial charge in [0.15, 0.2) is 12.2 Å². The number of esters is 4. The number of ether oxygens (including phenoxy) is 4. The van der Waals surface area contributed by atoms with Gasteiger partial charge in [-0.2, -0.15) is 0 Å². The summed E-state index contributed by atoms with van der Waals surface area (Å²) < 4.78 is 68.6. The number of carbonyl (C=O) groups excluding carboxylic acids is 4. The third kappa shape index (κ3) is 71.7. The molecule has 0 saturated carbocycles. The summed E-state index contributed by atoms with van der Waals surface area (Å²) in [7, 11) is -9.93. The zero-order valence-electron chi connectivity index (χ0n) is 62.7. The lowest BCUT2D eigenvalue weighted by Gasteiger charge is -2.21. The number of phosphoric acid groups is 2. The van der Waals surface area contributed by atoms with Crippen molar-refractivity contribution in [2.45, 2.75) is 406 Å². The maximum Gasteiger partial charge on any atom is 0.472 e. The number of phosphoric ester groups is 2. The molecule has 0 radical (unpaired) electrons. The summed E-state index contributed by atoms with van der Waals surface area (Å²) in [6.45, 7) is 7.26. The SMILES string of the molecule is CCCCCC/C=C\C=C/CCCCCCCC(=O)O[C@H](COC(=O)CCCCCCCCCCCCCCC(C)C)COP(=O)(O)OC[C@@H](O)COP(=O)(O)OC[C@@H](COC(=O)CCCCCCCCCCCCCC)OC(=O)CCCCCCCCCCCCCCCCC. The Hall–Kier alpha value is -2.46. The molecule has 2 unspecified atom stereocenters. The monoisotopic (exact) mass is 1420 g/mol. The molecule has 0 aromatic heterocycles. The molecule has 0 fully saturated rings. The fourth-order valence-electron chi connectivity index (χ4n) is 11.5. The molecular formula is C78H148O17P2. The molecule has 572 valence electrons. The quantitative estimate of drug-likeness (QED) is 0.0169. The second kappa shape index (κ2) is 70.6. The highest BCUT2D eigenvalue weighted by atomic mass is 31.2. The standard InChI is InChI=1S/C78H148O17P2/c1-6-9-12-15-18-21-24-27-29-31-38-43-48-53-58-63-77(82)94-73(67-88-75(80)61-56-51-46-41-36-26-23-20-17-14-11-8-3)69-92-96(84,85)90-65-72(79)66-91-97(86,87)93-70-74(95-78(83)64-59-54-49-44-39-32-30-28-25-22-19-16-13-10-7-2)68-89-76(81)62-57-52-47-42-37-34-33-35-40-45-50-55-60-71(4)5/h22,25,28,30,71-74,79H,6-21,23-24,26-27,29,31-70H2,1-5H3,(H,84,85)(H,86,87)/b25-22-,30-28-/t72-,73+,74+/m0/s1. The Morgan fingerprint density at radius 1 is 0.320 bits per heavy atom. The van der Waals surface area contributed by atoms with Crippen LogP contribution in [0.5, 0.6) is 0 Å². The number of carbonyl (C=O) groups is 4. The highest BCUT2D eigenvalue weighted by Crippen LogP contribution is 2.45. The van der Waals surface area contributed by atoms with Gasteiger partial charge in [-0.05, 0) is 57.3 Å². The molecule has 0 rings (SSSR count). The average molecular weight is 1420 g/mol. The number of aliphatic hydroxyl groups excluding tert-OH is 1. The van der Waals surface area contributed by atoms with Crippen LogP contribution in [0.1, 0.15) is 388 Å². The fraction of sp³-hybridized carbons (Fsp3) is 0.897. The third-order valence-electron chi connectivity index (χ3n) is 17.7. The van der Waals surface area contributed by atoms with Gasteiger partial charge in [-0.25, -0.2) is 9.13 Å². The van der Waals surface area contributed by atoms with Crippen molar-refractivity contribution in [1.29, 1.82) is 0 Å². The molecule has 5 atom stereocenters. The second-order valence-corrected chi connectivity index (χ2v) is 30.8. The normalized spacial score (nSPS) is 14.1. The Balaban J connectivity index is 5.30. The molecule has 97 heavy (non-hydrogen) atoms. The summed E-state index contributed by atoms with van der Waals surface area (Å²) in [5.74, 6) is -1.36. The molecule has 17 nitrogen and oxygen atoms in total. The van der Waals surface area contributed by atoms with Crippen LogP contribution < -0.4 is 0 Å². The molecule has 19 heteroatoms. The summed E-state index contributed by atoms with van der Waals surface area (Å²) in [6, 6.07) is 0. The molecule has 0 aromatic rings. The lowest BCUT2D eigenvalue weighted by atomic mass is 10.0. The predicted molar refractivity (Wildman–Crippen MR) is 395 cm³/mol. The first-order valence-electron chi connectivity index (χ1n) is 40.0. The van der Waals surface area contributed by atoms with Gasteiger partial charge in [0.25, 0.3) is 0 Å². The fourth-order valence-corrected chi connectivity index (χ4v) is 13.1. The Morgan fingerprint density at radius 2 is 0.557 bits per heavy atom. The van der Waals surface area contributed by atoms with Gasteiger partial charge in [-0.15, -0.1) is 0 Å². The topological polar surface area (TPSA) is 237 Å². The first kappa shape index (κ1) is 94.5. The van der Waals surface area contributed by atoms with Gasteiger partial charge < -0.3 is 33.8 Å². The van der Waals surface area contributed by atoms with E-state index in [1.807, 2.05) is 0 Å². The van der Waals surface area contributed by atoms with Crippen LogP contribution in [0.4, 0.5) is 0 Å². The molecule has 0 saturated heterocycles. The number of hydrogen-bond acceptors (Lipinski definition) is 15. The van der Waals surface area contributed by atoms with Gasteiger partial charge in [-0.1, -0.05) is 335 Å². The summed E-state index contributed by atoms with van der Waals surface area (Å²) in [6.07, 6.45) is 63.0. The Bertz CT molecular complexity index is 1950. The van der Waals surface area contributed by atoms with E-state index in [4.69, 9.17) is 37.0 Å². The van der Waals surface area contributed by atoms with Crippen molar-refractivity contribution in [1.82, 2.24) is 0 Å². The Kier molecular flexibility index (Phi) is 68.8. The molecule has 0 aliphatic carbocycles. The lowest BCUT2D eigenvalue weighted by molar-refractivity contribution is -0.161. The number of allylic oxidation sites excluding steroid dienone is 4. The van der Waals surface area contributed by atoms with Gasteiger partial charge in [-0.3, -0.25) is 37.3 Å². The first-order valence-corrected chi connectivity index (χ1v) is 42.9. The predicted octanol–water partition coefficient (Wildman–Crippen LogP) is 22.8. The van der Waals surface area contributed by atoms with Crippen molar-refractivity contribution in [3.63, 3.8) is 0 Å². The van der Waals surface area contributed by atoms with E-state index in [0.29, 0.717) is 25.7 Å². The zero-order chi connectivity index (χ0) is 71.2. The smallest absolute Gasteiger partial charge is 0.462 e. The average Bonchev–Trinajstić information content (AvgIpc) is 2.76. The Morgan fingerprint density at radius 3 is 0.845 bits per heavy atom. The van der Waals surface area contributed by atoms with Crippen molar-refractivity contribution < 1.29 is 80.2 Å². The van der Waals surface area contributed by atoms with E-state index in [9.17, 15) is 43.2 Å². The highest BCUT2D eigenvalue weighted by Gasteiger charge is 2.30. The largest absolute Gasteiger partial charge is 0.472 e. The molecule has 0 spiro atoms. The minimum Gasteiger partial charge on any atom is -0.462 e. The van der Waals surface area contributed by atoms with E-state index in [2.05, 4.69) is 58.9 Å².